The number of methoxy groups -OCH3 is 1. The van der Waals surface area contributed by atoms with Crippen molar-refractivity contribution in [3.63, 3.8) is 0 Å². The van der Waals surface area contributed by atoms with E-state index in [-0.39, 0.29) is 35.5 Å². The molecule has 1 aromatic carbocycles. The predicted octanol–water partition coefficient (Wildman–Crippen LogP) is 2.11. The van der Waals surface area contributed by atoms with Crippen molar-refractivity contribution in [2.45, 2.75) is 46.2 Å². The number of carbonyl (C=O) groups excluding carboxylic acids is 5. The maximum absolute atomic E-state index is 12.8. The van der Waals surface area contributed by atoms with E-state index in [0.29, 0.717) is 12.2 Å². The van der Waals surface area contributed by atoms with Crippen LogP contribution in [-0.2, 0) is 23.9 Å². The van der Waals surface area contributed by atoms with Crippen molar-refractivity contribution in [3.8, 4) is 0 Å². The molecular weight excluding hydrogens is 470 g/mol. The number of rotatable bonds is 11. The zero-order valence-corrected chi connectivity index (χ0v) is 21.3. The number of anilines is 1. The third-order valence-electron chi connectivity index (χ3n) is 4.59. The number of thioether (sulfide) groups is 1. The fraction of sp³-hybridized carbons (Fsp3) is 0.500. The number of hydrogen-bond acceptors (Lipinski definition) is 7. The van der Waals surface area contributed by atoms with Crippen molar-refractivity contribution >= 4 is 59.3 Å². The SMILES string of the molecule is COC(=O)[C@H](CCSC)NC(=O)[C@@H](NC(=O)C(=O)c1cc(C)ccc1NC(C)=O)C(C)C.Cl. The number of nitrogens with one attached hydrogen (secondary N) is 3. The number of ether oxygens (including phenoxy) is 1. The molecule has 0 fully saturated rings. The van der Waals surface area contributed by atoms with Crippen LogP contribution in [0.3, 0.4) is 0 Å². The molecule has 0 aromatic heterocycles. The van der Waals surface area contributed by atoms with Gasteiger partial charge in [-0.15, -0.1) is 12.4 Å². The average Bonchev–Trinajstić information content (AvgIpc) is 2.74. The molecule has 0 spiro atoms. The van der Waals surface area contributed by atoms with Crippen LogP contribution in [0.4, 0.5) is 5.69 Å². The highest BCUT2D eigenvalue weighted by Gasteiger charge is 2.31. The van der Waals surface area contributed by atoms with Crippen molar-refractivity contribution in [1.82, 2.24) is 10.6 Å². The molecule has 0 radical (unpaired) electrons. The van der Waals surface area contributed by atoms with Gasteiger partial charge in [0.15, 0.2) is 0 Å². The Bertz CT molecular complexity index is 878. The molecule has 0 bridgehead atoms. The van der Waals surface area contributed by atoms with E-state index in [4.69, 9.17) is 4.74 Å². The van der Waals surface area contributed by atoms with E-state index >= 15 is 0 Å². The summed E-state index contributed by atoms with van der Waals surface area (Å²) in [4.78, 5) is 61.8. The molecule has 0 aliphatic rings. The summed E-state index contributed by atoms with van der Waals surface area (Å²) in [6, 6.07) is 2.81. The molecule has 1 aromatic rings. The maximum atomic E-state index is 12.8. The molecule has 1 rings (SSSR count). The summed E-state index contributed by atoms with van der Waals surface area (Å²) in [5, 5.41) is 7.59. The van der Waals surface area contributed by atoms with Crippen LogP contribution in [-0.4, -0.2) is 60.7 Å². The summed E-state index contributed by atoms with van der Waals surface area (Å²) in [6.07, 6.45) is 2.24. The Morgan fingerprint density at radius 3 is 2.24 bits per heavy atom. The smallest absolute Gasteiger partial charge is 0.328 e. The normalized spacial score (nSPS) is 12.1. The first-order valence-corrected chi connectivity index (χ1v) is 11.5. The number of benzene rings is 1. The van der Waals surface area contributed by atoms with Crippen LogP contribution in [0, 0.1) is 12.8 Å². The molecule has 9 nitrogen and oxygen atoms in total. The molecule has 0 saturated carbocycles. The van der Waals surface area contributed by atoms with Gasteiger partial charge in [0.1, 0.15) is 12.1 Å². The zero-order valence-electron chi connectivity index (χ0n) is 19.6. The van der Waals surface area contributed by atoms with Gasteiger partial charge >= 0.3 is 5.97 Å². The standard InChI is InChI=1S/C22H31N3O6S.ClH/c1-12(2)18(20(28)24-17(9-10-32-6)22(30)31-5)25-21(29)19(27)15-11-13(3)7-8-16(15)23-14(4)26;/h7-8,11-12,17-18H,9-10H2,1-6H3,(H,23,26)(H,24,28)(H,25,29);1H/t17-,18-;/m0./s1. The van der Waals surface area contributed by atoms with Crippen LogP contribution in [0.25, 0.3) is 0 Å². The number of hydrogen-bond donors (Lipinski definition) is 3. The maximum Gasteiger partial charge on any atom is 0.328 e. The second-order valence-electron chi connectivity index (χ2n) is 7.62. The largest absolute Gasteiger partial charge is 0.467 e. The Morgan fingerprint density at radius 2 is 1.73 bits per heavy atom. The van der Waals surface area contributed by atoms with Crippen LogP contribution < -0.4 is 16.0 Å². The van der Waals surface area contributed by atoms with Crippen LogP contribution in [0.5, 0.6) is 0 Å². The Labute approximate surface area is 204 Å². The van der Waals surface area contributed by atoms with Crippen molar-refractivity contribution in [3.05, 3.63) is 29.3 Å². The fourth-order valence-electron chi connectivity index (χ4n) is 2.90. The lowest BCUT2D eigenvalue weighted by atomic mass is 10.0. The molecule has 3 amide bonds. The van der Waals surface area contributed by atoms with Gasteiger partial charge in [0.2, 0.25) is 11.8 Å². The van der Waals surface area contributed by atoms with Gasteiger partial charge < -0.3 is 20.7 Å². The molecule has 0 heterocycles. The van der Waals surface area contributed by atoms with E-state index in [9.17, 15) is 24.0 Å². The summed E-state index contributed by atoms with van der Waals surface area (Å²) in [7, 11) is 1.23. The van der Waals surface area contributed by atoms with Gasteiger partial charge in [-0.25, -0.2) is 4.79 Å². The van der Waals surface area contributed by atoms with E-state index in [2.05, 4.69) is 16.0 Å². The highest BCUT2D eigenvalue weighted by atomic mass is 35.5. The first kappa shape index (κ1) is 30.4. The van der Waals surface area contributed by atoms with E-state index < -0.39 is 35.7 Å². The monoisotopic (exact) mass is 501 g/mol. The Kier molecular flexibility index (Phi) is 13.4. The minimum absolute atomic E-state index is 0. The lowest BCUT2D eigenvalue weighted by Crippen LogP contribution is -2.55. The lowest BCUT2D eigenvalue weighted by Gasteiger charge is -2.24. The molecule has 3 N–H and O–H groups in total. The summed E-state index contributed by atoms with van der Waals surface area (Å²) >= 11 is 1.51. The Hall–Kier alpha value is -2.59. The number of ketones is 1. The Morgan fingerprint density at radius 1 is 1.09 bits per heavy atom. The molecule has 2 atom stereocenters. The number of halogens is 1. The Balaban J connectivity index is 0.0000102. The van der Waals surface area contributed by atoms with Gasteiger partial charge in [0, 0.05) is 6.92 Å². The van der Waals surface area contributed by atoms with Crippen LogP contribution in [0.1, 0.15) is 43.1 Å². The molecular formula is C22H32ClN3O6S. The summed E-state index contributed by atoms with van der Waals surface area (Å²) in [5.41, 5.74) is 0.952. The second-order valence-corrected chi connectivity index (χ2v) is 8.61. The van der Waals surface area contributed by atoms with Gasteiger partial charge in [-0.1, -0.05) is 25.5 Å². The number of esters is 1. The minimum atomic E-state index is -1.05. The molecule has 11 heteroatoms. The van der Waals surface area contributed by atoms with E-state index in [1.165, 1.54) is 37.9 Å². The van der Waals surface area contributed by atoms with Gasteiger partial charge in [-0.2, -0.15) is 11.8 Å². The quantitative estimate of drug-likeness (QED) is 0.240. The predicted molar refractivity (Wildman–Crippen MR) is 131 cm³/mol. The summed E-state index contributed by atoms with van der Waals surface area (Å²) < 4.78 is 4.74. The number of carbonyl (C=O) groups is 5. The second kappa shape index (κ2) is 14.5. The average molecular weight is 502 g/mol. The molecule has 0 aliphatic carbocycles. The molecule has 0 aliphatic heterocycles. The van der Waals surface area contributed by atoms with Crippen LogP contribution in [0.15, 0.2) is 18.2 Å². The number of Topliss-reactive ketones (excluding diaryl/α,β-unsaturated/α-hetero) is 1. The molecule has 0 unspecified atom stereocenters. The molecule has 0 saturated heterocycles. The van der Waals surface area contributed by atoms with E-state index in [0.717, 1.165) is 5.56 Å². The first-order chi connectivity index (χ1) is 15.0. The van der Waals surface area contributed by atoms with Gasteiger partial charge in [-0.3, -0.25) is 19.2 Å². The van der Waals surface area contributed by atoms with Gasteiger partial charge in [0.05, 0.1) is 18.4 Å². The molecule has 184 valence electrons. The summed E-state index contributed by atoms with van der Waals surface area (Å²) in [5.74, 6) is -3.19. The third kappa shape index (κ3) is 9.43. The van der Waals surface area contributed by atoms with E-state index in [1.54, 1.807) is 26.8 Å². The summed E-state index contributed by atoms with van der Waals surface area (Å²) in [6.45, 7) is 6.46. The van der Waals surface area contributed by atoms with Crippen molar-refractivity contribution in [2.75, 3.05) is 24.4 Å². The minimum Gasteiger partial charge on any atom is -0.467 e. The van der Waals surface area contributed by atoms with Gasteiger partial charge in [-0.05, 0) is 43.4 Å². The number of amides is 3. The van der Waals surface area contributed by atoms with Crippen molar-refractivity contribution < 1.29 is 28.7 Å². The lowest BCUT2D eigenvalue weighted by molar-refractivity contribution is -0.145. The van der Waals surface area contributed by atoms with Gasteiger partial charge in [0.25, 0.3) is 11.7 Å². The third-order valence-corrected chi connectivity index (χ3v) is 5.23. The molecule has 33 heavy (non-hydrogen) atoms. The zero-order chi connectivity index (χ0) is 24.4. The highest BCUT2D eigenvalue weighted by Crippen LogP contribution is 2.19. The first-order valence-electron chi connectivity index (χ1n) is 10.1. The van der Waals surface area contributed by atoms with Crippen molar-refractivity contribution in [2.24, 2.45) is 5.92 Å². The van der Waals surface area contributed by atoms with Crippen LogP contribution in [0.2, 0.25) is 0 Å². The van der Waals surface area contributed by atoms with E-state index in [1.807, 2.05) is 6.26 Å². The van der Waals surface area contributed by atoms with Crippen LogP contribution >= 0.6 is 24.2 Å². The van der Waals surface area contributed by atoms with Crippen molar-refractivity contribution in [1.29, 1.82) is 0 Å². The fourth-order valence-corrected chi connectivity index (χ4v) is 3.37. The number of aryl methyl sites for hydroxylation is 1. The topological polar surface area (TPSA) is 131 Å². The highest BCUT2D eigenvalue weighted by molar-refractivity contribution is 7.98.